The van der Waals surface area contributed by atoms with Gasteiger partial charge in [-0.15, -0.1) is 0 Å². The number of amides is 1. The van der Waals surface area contributed by atoms with Gasteiger partial charge in [-0.05, 0) is 62.8 Å². The summed E-state index contributed by atoms with van der Waals surface area (Å²) in [5.74, 6) is 0.158. The first-order valence-electron chi connectivity index (χ1n) is 10.9. The average Bonchev–Trinajstić information content (AvgIpc) is 3.39. The number of sulfone groups is 1. The van der Waals surface area contributed by atoms with Crippen molar-refractivity contribution < 1.29 is 17.6 Å². The molecule has 0 unspecified atom stereocenters. The molecule has 0 spiro atoms. The lowest BCUT2D eigenvalue weighted by atomic mass is 10.0. The van der Waals surface area contributed by atoms with Crippen molar-refractivity contribution in [1.82, 2.24) is 9.80 Å². The van der Waals surface area contributed by atoms with Gasteiger partial charge in [-0.2, -0.15) is 0 Å². The maximum atomic E-state index is 13.5. The Morgan fingerprint density at radius 2 is 1.90 bits per heavy atom. The highest BCUT2D eigenvalue weighted by molar-refractivity contribution is 7.91. The van der Waals surface area contributed by atoms with Gasteiger partial charge in [0.05, 0.1) is 18.1 Å². The quantitative estimate of drug-likeness (QED) is 0.707. The summed E-state index contributed by atoms with van der Waals surface area (Å²) >= 11 is 0. The van der Waals surface area contributed by atoms with Crippen LogP contribution >= 0.6 is 0 Å². The molecule has 0 bridgehead atoms. The minimum absolute atomic E-state index is 0.0742. The van der Waals surface area contributed by atoms with E-state index in [1.807, 2.05) is 11.0 Å². The smallest absolute Gasteiger partial charge is 0.237 e. The van der Waals surface area contributed by atoms with Gasteiger partial charge in [0.1, 0.15) is 5.82 Å². The Kier molecular flexibility index (Phi) is 6.25. The highest BCUT2D eigenvalue weighted by Gasteiger charge is 2.40. The molecule has 7 heteroatoms. The minimum atomic E-state index is -3.03. The lowest BCUT2D eigenvalue weighted by Crippen LogP contribution is -2.51. The molecule has 29 heavy (non-hydrogen) atoms. The van der Waals surface area contributed by atoms with Crippen molar-refractivity contribution in [3.05, 3.63) is 35.6 Å². The number of likely N-dealkylation sites (tertiary alicyclic amines) is 1. The molecule has 1 amide bonds. The molecule has 1 aromatic carbocycles. The van der Waals surface area contributed by atoms with E-state index in [9.17, 15) is 17.6 Å². The Balaban J connectivity index is 1.44. The molecule has 2 aliphatic heterocycles. The van der Waals surface area contributed by atoms with Crippen LogP contribution in [0.4, 0.5) is 4.39 Å². The van der Waals surface area contributed by atoms with Gasteiger partial charge < -0.3 is 4.90 Å². The fourth-order valence-electron chi connectivity index (χ4n) is 5.41. The highest BCUT2D eigenvalue weighted by Crippen LogP contribution is 2.30. The second kappa shape index (κ2) is 8.72. The van der Waals surface area contributed by atoms with Crippen molar-refractivity contribution in [2.75, 3.05) is 24.6 Å². The zero-order chi connectivity index (χ0) is 20.4. The second-order valence-corrected chi connectivity index (χ2v) is 11.1. The van der Waals surface area contributed by atoms with Crippen molar-refractivity contribution in [1.29, 1.82) is 0 Å². The number of hydrogen-bond acceptors (Lipinski definition) is 4. The van der Waals surface area contributed by atoms with Gasteiger partial charge in [-0.3, -0.25) is 9.69 Å². The number of benzene rings is 1. The van der Waals surface area contributed by atoms with Crippen LogP contribution in [0.2, 0.25) is 0 Å². The highest BCUT2D eigenvalue weighted by atomic mass is 32.2. The molecule has 5 nitrogen and oxygen atoms in total. The molecule has 0 aromatic heterocycles. The van der Waals surface area contributed by atoms with Crippen LogP contribution in [0.15, 0.2) is 24.3 Å². The number of nitrogens with zero attached hydrogens (tertiary/aromatic N) is 2. The van der Waals surface area contributed by atoms with Crippen LogP contribution in [-0.4, -0.2) is 66.8 Å². The summed E-state index contributed by atoms with van der Waals surface area (Å²) in [6.07, 6.45) is 7.53. The normalized spacial score (nSPS) is 27.5. The first-order valence-corrected chi connectivity index (χ1v) is 12.7. The molecule has 1 saturated carbocycles. The third kappa shape index (κ3) is 5.00. The maximum Gasteiger partial charge on any atom is 0.237 e. The van der Waals surface area contributed by atoms with Gasteiger partial charge in [0.15, 0.2) is 9.84 Å². The number of carbonyl (C=O) groups excluding carboxylic acids is 1. The van der Waals surface area contributed by atoms with Gasteiger partial charge >= 0.3 is 0 Å². The SMILES string of the molecule is O=C(CN1CCC[C@H]1Cc1cccc(F)c1)N(C1CCCC1)[C@@H]1CCS(=O)(=O)C1. The topological polar surface area (TPSA) is 57.7 Å². The summed E-state index contributed by atoms with van der Waals surface area (Å²) in [6.45, 7) is 1.21. The van der Waals surface area contributed by atoms with E-state index < -0.39 is 9.84 Å². The Morgan fingerprint density at radius 1 is 1.10 bits per heavy atom. The molecule has 1 aliphatic carbocycles. The number of carbonyl (C=O) groups is 1. The number of rotatable bonds is 6. The molecule has 160 valence electrons. The van der Waals surface area contributed by atoms with E-state index in [0.717, 1.165) is 57.1 Å². The van der Waals surface area contributed by atoms with E-state index in [1.165, 1.54) is 6.07 Å². The van der Waals surface area contributed by atoms with Crippen LogP contribution in [0.1, 0.15) is 50.5 Å². The summed E-state index contributed by atoms with van der Waals surface area (Å²) < 4.78 is 37.6. The van der Waals surface area contributed by atoms with E-state index in [2.05, 4.69) is 4.90 Å². The molecular weight excluding hydrogens is 391 g/mol. The molecular formula is C22H31FN2O3S. The largest absolute Gasteiger partial charge is 0.335 e. The Bertz CT molecular complexity index is 838. The molecule has 3 aliphatic rings. The molecule has 2 atom stereocenters. The first kappa shape index (κ1) is 20.8. The molecule has 1 aromatic rings. The number of halogens is 1. The minimum Gasteiger partial charge on any atom is -0.335 e. The third-order valence-corrected chi connectivity index (χ3v) is 8.56. The monoisotopic (exact) mass is 422 g/mol. The number of hydrogen-bond donors (Lipinski definition) is 0. The molecule has 0 radical (unpaired) electrons. The molecule has 2 heterocycles. The summed E-state index contributed by atoms with van der Waals surface area (Å²) in [5, 5.41) is 0. The summed E-state index contributed by atoms with van der Waals surface area (Å²) in [7, 11) is -3.03. The molecule has 2 saturated heterocycles. The predicted molar refractivity (Wildman–Crippen MR) is 111 cm³/mol. The summed E-state index contributed by atoms with van der Waals surface area (Å²) in [6, 6.07) is 6.96. The van der Waals surface area contributed by atoms with Crippen LogP contribution in [0.25, 0.3) is 0 Å². The van der Waals surface area contributed by atoms with Crippen LogP contribution in [-0.2, 0) is 21.1 Å². The summed E-state index contributed by atoms with van der Waals surface area (Å²) in [4.78, 5) is 17.5. The van der Waals surface area contributed by atoms with Crippen LogP contribution in [0, 0.1) is 5.82 Å². The van der Waals surface area contributed by atoms with Gasteiger partial charge in [0.25, 0.3) is 0 Å². The lowest BCUT2D eigenvalue weighted by Gasteiger charge is -2.36. The van der Waals surface area contributed by atoms with E-state index >= 15 is 0 Å². The van der Waals surface area contributed by atoms with Crippen molar-refractivity contribution in [2.45, 2.75) is 69.5 Å². The maximum absolute atomic E-state index is 13.5. The van der Waals surface area contributed by atoms with Gasteiger partial charge in [0, 0.05) is 18.1 Å². The average molecular weight is 423 g/mol. The van der Waals surface area contributed by atoms with Crippen LogP contribution in [0.3, 0.4) is 0 Å². The van der Waals surface area contributed by atoms with E-state index in [4.69, 9.17) is 0 Å². The van der Waals surface area contributed by atoms with E-state index in [1.54, 1.807) is 12.1 Å². The van der Waals surface area contributed by atoms with Gasteiger partial charge in [-0.25, -0.2) is 12.8 Å². The first-order chi connectivity index (χ1) is 13.9. The fourth-order valence-corrected chi connectivity index (χ4v) is 7.12. The zero-order valence-corrected chi connectivity index (χ0v) is 17.7. The molecule has 0 N–H and O–H groups in total. The summed E-state index contributed by atoms with van der Waals surface area (Å²) in [5.41, 5.74) is 0.962. The standard InChI is InChI=1S/C22H31FN2O3S/c23-18-6-3-5-17(13-18)14-20-9-4-11-24(20)15-22(26)25(19-7-1-2-8-19)21-10-12-29(27,28)16-21/h3,5-6,13,19-21H,1-2,4,7-12,14-16H2/t20-,21+/m0/s1. The Morgan fingerprint density at radius 3 is 2.59 bits per heavy atom. The Hall–Kier alpha value is -1.47. The van der Waals surface area contributed by atoms with Crippen molar-refractivity contribution in [3.63, 3.8) is 0 Å². The molecule has 3 fully saturated rings. The van der Waals surface area contributed by atoms with Crippen molar-refractivity contribution in [3.8, 4) is 0 Å². The predicted octanol–water partition coefficient (Wildman–Crippen LogP) is 2.79. The van der Waals surface area contributed by atoms with E-state index in [-0.39, 0.29) is 41.4 Å². The van der Waals surface area contributed by atoms with Crippen LogP contribution < -0.4 is 0 Å². The molecule has 4 rings (SSSR count). The fraction of sp³-hybridized carbons (Fsp3) is 0.682. The Labute approximate surface area is 173 Å². The lowest BCUT2D eigenvalue weighted by molar-refractivity contribution is -0.137. The van der Waals surface area contributed by atoms with E-state index in [0.29, 0.717) is 13.0 Å². The van der Waals surface area contributed by atoms with Crippen molar-refractivity contribution in [2.24, 2.45) is 0 Å². The second-order valence-electron chi connectivity index (χ2n) is 8.90. The van der Waals surface area contributed by atoms with Gasteiger partial charge in [0.2, 0.25) is 5.91 Å². The third-order valence-electron chi connectivity index (χ3n) is 6.81. The van der Waals surface area contributed by atoms with Gasteiger partial charge in [-0.1, -0.05) is 25.0 Å². The zero-order valence-electron chi connectivity index (χ0n) is 16.9. The van der Waals surface area contributed by atoms with Crippen molar-refractivity contribution >= 4 is 15.7 Å². The van der Waals surface area contributed by atoms with Crippen LogP contribution in [0.5, 0.6) is 0 Å².